The first-order valence-corrected chi connectivity index (χ1v) is 17.2. The maximum absolute atomic E-state index is 15.5. The van der Waals surface area contributed by atoms with Crippen LogP contribution in [0, 0.1) is 12.7 Å². The number of aromatic nitrogens is 1. The molecule has 0 radical (unpaired) electrons. The van der Waals surface area contributed by atoms with Crippen LogP contribution in [0.25, 0.3) is 10.8 Å². The summed E-state index contributed by atoms with van der Waals surface area (Å²) in [4.78, 5) is 41.5. The Balaban J connectivity index is 0.00000111. The first-order chi connectivity index (χ1) is 23.1. The fourth-order valence-electron chi connectivity index (χ4n) is 5.82. The number of ether oxygens (including phenoxy) is 1. The van der Waals surface area contributed by atoms with Gasteiger partial charge >= 0.3 is 6.09 Å². The van der Waals surface area contributed by atoms with Crippen molar-refractivity contribution < 1.29 is 37.0 Å². The molecule has 1 fully saturated rings. The van der Waals surface area contributed by atoms with E-state index in [9.17, 15) is 18.0 Å². The number of sulfone groups is 1. The van der Waals surface area contributed by atoms with Gasteiger partial charge in [0.05, 0.1) is 22.4 Å². The summed E-state index contributed by atoms with van der Waals surface area (Å²) in [6, 6.07) is 13.6. The van der Waals surface area contributed by atoms with Gasteiger partial charge in [-0.05, 0) is 83.8 Å². The van der Waals surface area contributed by atoms with Crippen LogP contribution in [-0.2, 0) is 30.7 Å². The monoisotopic (exact) mass is 691 g/mol. The van der Waals surface area contributed by atoms with Crippen molar-refractivity contribution in [2.24, 2.45) is 0 Å². The van der Waals surface area contributed by atoms with Crippen molar-refractivity contribution in [2.45, 2.75) is 62.3 Å². The number of hydrogen-bond acceptors (Lipinski definition) is 9. The third-order valence-electron chi connectivity index (χ3n) is 8.41. The molecule has 0 unspecified atom stereocenters. The Kier molecular flexibility index (Phi) is 10.1. The lowest BCUT2D eigenvalue weighted by Crippen LogP contribution is -2.35. The highest BCUT2D eigenvalue weighted by Gasteiger charge is 2.38. The number of nitrogens with zero attached hydrogens (tertiary/aromatic N) is 2. The molecule has 7 rings (SSSR count). The lowest BCUT2D eigenvalue weighted by molar-refractivity contribution is -0.134. The third kappa shape index (κ3) is 7.91. The molecule has 3 heterocycles. The molecule has 3 aliphatic rings. The summed E-state index contributed by atoms with van der Waals surface area (Å²) in [5, 5.41) is 13.8. The minimum atomic E-state index is -3.64. The van der Waals surface area contributed by atoms with Crippen LogP contribution >= 0.6 is 0 Å². The molecule has 49 heavy (non-hydrogen) atoms. The number of carbonyl (C=O) groups is 3. The maximum atomic E-state index is 15.5. The lowest BCUT2D eigenvalue weighted by Gasteiger charge is -2.28. The normalized spacial score (nSPS) is 18.3. The topological polar surface area (TPSA) is 181 Å². The van der Waals surface area contributed by atoms with Crippen molar-refractivity contribution in [1.29, 1.82) is 0 Å². The van der Waals surface area contributed by atoms with Gasteiger partial charge in [0.1, 0.15) is 17.7 Å². The largest absolute Gasteiger partial charge is 0.481 e. The van der Waals surface area contributed by atoms with Crippen molar-refractivity contribution in [1.82, 2.24) is 9.88 Å². The zero-order valence-electron chi connectivity index (χ0n) is 27.5. The molecule has 0 saturated heterocycles. The third-order valence-corrected chi connectivity index (χ3v) is 10.8. The number of nitrogen functional groups attached to an aromatic ring is 1. The Bertz CT molecular complexity index is 2050. The fraction of sp³-hybridized carbons (Fsp3) is 0.314. The number of aryl methyl sites for hydroxylation is 1. The summed E-state index contributed by atoms with van der Waals surface area (Å²) < 4.78 is 47.7. The standard InChI is InChI=1S/C33H34FN5O5S.C2H4O2/c1-18-12-21-4-8-25(18)19(2)17-44-33(41)37-23-5-9-29(45(42,43)24-6-7-24)22(13-23)16-39(3)32(40)30(21)38-28-14-20-10-11-36-31(35)26(20)15-27(28)34;1-2(3)4/h4-5,8-15,19,24,30,38H,6-7,16-17H2,1-3H3,(H2,35,36)(H,37,41);1H3,(H,3,4)/t19-,30+;/m0./s1. The Morgan fingerprint density at radius 2 is 1.84 bits per heavy atom. The molecule has 258 valence electrons. The molecule has 4 aromatic rings. The number of likely N-dealkylation sites (N-methyl/N-ethyl adjacent to an activating group) is 1. The maximum Gasteiger partial charge on any atom is 0.411 e. The number of fused-ring (bicyclic) bond motifs is 10. The van der Waals surface area contributed by atoms with Crippen molar-refractivity contribution in [3.8, 4) is 0 Å². The molecule has 14 heteroatoms. The molecular weight excluding hydrogens is 653 g/mol. The van der Waals surface area contributed by atoms with Crippen LogP contribution in [0.5, 0.6) is 0 Å². The summed E-state index contributed by atoms with van der Waals surface area (Å²) >= 11 is 0. The number of nitrogens with two attached hydrogens (primary N) is 1. The predicted octanol–water partition coefficient (Wildman–Crippen LogP) is 5.77. The number of carboxylic acids is 1. The number of hydrogen-bond donors (Lipinski definition) is 4. The van der Waals surface area contributed by atoms with Crippen molar-refractivity contribution in [2.75, 3.05) is 30.0 Å². The van der Waals surface area contributed by atoms with Gasteiger partial charge in [-0.15, -0.1) is 0 Å². The van der Waals surface area contributed by atoms with Crippen molar-refractivity contribution in [3.05, 3.63) is 88.9 Å². The van der Waals surface area contributed by atoms with Gasteiger partial charge in [0, 0.05) is 43.7 Å². The molecule has 4 bridgehead atoms. The number of aliphatic carboxylic acids is 1. The number of anilines is 3. The summed E-state index contributed by atoms with van der Waals surface area (Å²) in [5.41, 5.74) is 9.11. The van der Waals surface area contributed by atoms with Gasteiger partial charge in [0.15, 0.2) is 9.84 Å². The zero-order valence-corrected chi connectivity index (χ0v) is 28.3. The molecule has 12 nitrogen and oxygen atoms in total. The van der Waals surface area contributed by atoms with E-state index >= 15 is 4.39 Å². The number of carboxylic acid groups (broad SMARTS) is 1. The number of pyridine rings is 1. The highest BCUT2D eigenvalue weighted by atomic mass is 32.2. The van der Waals surface area contributed by atoms with E-state index < -0.39 is 44.9 Å². The predicted molar refractivity (Wildman–Crippen MR) is 183 cm³/mol. The van der Waals surface area contributed by atoms with Crippen LogP contribution in [0.3, 0.4) is 0 Å². The summed E-state index contributed by atoms with van der Waals surface area (Å²) in [6.07, 6.45) is 2.00. The van der Waals surface area contributed by atoms with E-state index in [4.69, 9.17) is 20.4 Å². The van der Waals surface area contributed by atoms with Gasteiger partial charge in [-0.2, -0.15) is 0 Å². The van der Waals surface area contributed by atoms with E-state index in [0.29, 0.717) is 40.4 Å². The summed E-state index contributed by atoms with van der Waals surface area (Å²) in [7, 11) is -2.08. The molecule has 2 atom stereocenters. The number of amides is 2. The van der Waals surface area contributed by atoms with Crippen LogP contribution in [0.2, 0.25) is 0 Å². The van der Waals surface area contributed by atoms with Gasteiger partial charge in [-0.1, -0.05) is 25.1 Å². The highest BCUT2D eigenvalue weighted by molar-refractivity contribution is 7.92. The Hall–Kier alpha value is -5.24. The molecular formula is C35H38FN5O7S. The SMILES string of the molecule is CC(=O)O.Cc1cc2ccc1[C@@H](C)COC(=O)Nc1ccc(S(=O)(=O)C3CC3)c(c1)CN(C)C(=O)[C@@H]2Nc1cc2ccnc(N)c2cc1F. The molecule has 1 aliphatic carbocycles. The van der Waals surface area contributed by atoms with E-state index in [0.717, 1.165) is 18.1 Å². The Morgan fingerprint density at radius 1 is 1.12 bits per heavy atom. The minimum Gasteiger partial charge on any atom is -0.481 e. The number of halogens is 1. The molecule has 1 saturated carbocycles. The first kappa shape index (κ1) is 35.1. The number of benzene rings is 3. The van der Waals surface area contributed by atoms with Crippen LogP contribution < -0.4 is 16.4 Å². The van der Waals surface area contributed by atoms with Gasteiger partial charge in [0.25, 0.3) is 5.97 Å². The quantitative estimate of drug-likeness (QED) is 0.205. The molecule has 5 N–H and O–H groups in total. The Labute approximate surface area is 283 Å². The zero-order chi connectivity index (χ0) is 35.6. The van der Waals surface area contributed by atoms with Gasteiger partial charge in [-0.3, -0.25) is 14.9 Å². The smallest absolute Gasteiger partial charge is 0.411 e. The average Bonchev–Trinajstić information content (AvgIpc) is 3.89. The fourth-order valence-corrected chi connectivity index (χ4v) is 7.68. The number of nitrogens with one attached hydrogen (secondary N) is 2. The second-order valence-corrected chi connectivity index (χ2v) is 14.5. The number of rotatable bonds is 4. The molecule has 1 aromatic heterocycles. The molecule has 2 aliphatic heterocycles. The van der Waals surface area contributed by atoms with Crippen LogP contribution in [0.15, 0.2) is 65.7 Å². The van der Waals surface area contributed by atoms with Crippen molar-refractivity contribution in [3.63, 3.8) is 0 Å². The lowest BCUT2D eigenvalue weighted by atomic mass is 9.93. The van der Waals surface area contributed by atoms with E-state index in [1.165, 1.54) is 29.3 Å². The molecule has 3 aromatic carbocycles. The van der Waals surface area contributed by atoms with E-state index in [2.05, 4.69) is 15.6 Å². The molecule has 0 spiro atoms. The summed E-state index contributed by atoms with van der Waals surface area (Å²) in [5.74, 6) is -1.83. The van der Waals surface area contributed by atoms with E-state index in [-0.39, 0.29) is 35.5 Å². The van der Waals surface area contributed by atoms with E-state index in [1.54, 1.807) is 31.3 Å². The summed E-state index contributed by atoms with van der Waals surface area (Å²) in [6.45, 7) is 4.92. The minimum absolute atomic E-state index is 0.0840. The average molecular weight is 692 g/mol. The first-order valence-electron chi connectivity index (χ1n) is 15.6. The van der Waals surface area contributed by atoms with E-state index in [1.807, 2.05) is 26.0 Å². The second kappa shape index (κ2) is 14.1. The van der Waals surface area contributed by atoms with Crippen LogP contribution in [-0.4, -0.2) is 60.3 Å². The number of carbonyl (C=O) groups excluding carboxylic acids is 2. The van der Waals surface area contributed by atoms with Gasteiger partial charge < -0.3 is 25.8 Å². The highest BCUT2D eigenvalue weighted by Crippen LogP contribution is 2.37. The van der Waals surface area contributed by atoms with Crippen LogP contribution in [0.1, 0.15) is 60.9 Å². The Morgan fingerprint density at radius 3 is 2.51 bits per heavy atom. The molecule has 2 amide bonds. The van der Waals surface area contributed by atoms with Crippen molar-refractivity contribution >= 4 is 55.8 Å². The van der Waals surface area contributed by atoms with Crippen LogP contribution in [0.4, 0.5) is 26.4 Å². The van der Waals surface area contributed by atoms with Gasteiger partial charge in [-0.25, -0.2) is 22.6 Å². The van der Waals surface area contributed by atoms with Gasteiger partial charge in [0.2, 0.25) is 5.91 Å². The second-order valence-electron chi connectivity index (χ2n) is 12.3.